The van der Waals surface area contributed by atoms with Crippen molar-refractivity contribution in [3.63, 3.8) is 0 Å². The smallest absolute Gasteiger partial charge is 0.303 e. The monoisotopic (exact) mass is 468 g/mol. The number of rotatable bonds is 8. The number of carboxylic acids is 1. The third-order valence-electron chi connectivity index (χ3n) is 5.74. The van der Waals surface area contributed by atoms with Crippen LogP contribution in [0.1, 0.15) is 56.7 Å². The van der Waals surface area contributed by atoms with Gasteiger partial charge < -0.3 is 14.6 Å². The molecular weight excluding hydrogens is 438 g/mol. The van der Waals surface area contributed by atoms with Crippen LogP contribution in [-0.4, -0.2) is 18.2 Å². The van der Waals surface area contributed by atoms with E-state index in [1.54, 1.807) is 36.4 Å². The van der Waals surface area contributed by atoms with Crippen molar-refractivity contribution in [3.05, 3.63) is 82.9 Å². The first-order valence-corrected chi connectivity index (χ1v) is 11.1. The second kappa shape index (κ2) is 10.2. The molecule has 0 heterocycles. The molecule has 3 aromatic rings. The van der Waals surface area contributed by atoms with Crippen LogP contribution in [0.3, 0.4) is 0 Å². The third-order valence-corrected chi connectivity index (χ3v) is 5.74. The average molecular weight is 469 g/mol. The Labute approximate surface area is 199 Å². The molecular formula is C28H30F2O4. The molecule has 0 spiro atoms. The summed E-state index contributed by atoms with van der Waals surface area (Å²) in [5.41, 5.74) is 1.72. The molecule has 0 aromatic heterocycles. The molecule has 4 nitrogen and oxygen atoms in total. The lowest BCUT2D eigenvalue weighted by Crippen LogP contribution is -2.17. The van der Waals surface area contributed by atoms with Gasteiger partial charge in [0, 0.05) is 16.7 Å². The predicted octanol–water partition coefficient (Wildman–Crippen LogP) is 7.10. The van der Waals surface area contributed by atoms with E-state index in [0.29, 0.717) is 28.2 Å². The molecule has 1 atom stereocenters. The lowest BCUT2D eigenvalue weighted by molar-refractivity contribution is -0.137. The summed E-state index contributed by atoms with van der Waals surface area (Å²) in [4.78, 5) is 11.0. The quantitative estimate of drug-likeness (QED) is 0.383. The minimum Gasteiger partial charge on any atom is -0.497 e. The van der Waals surface area contributed by atoms with E-state index in [-0.39, 0.29) is 24.5 Å². The van der Waals surface area contributed by atoms with Gasteiger partial charge in [0.25, 0.3) is 0 Å². The van der Waals surface area contributed by atoms with Crippen LogP contribution in [0, 0.1) is 11.6 Å². The van der Waals surface area contributed by atoms with E-state index in [4.69, 9.17) is 14.6 Å². The van der Waals surface area contributed by atoms with Crippen molar-refractivity contribution < 1.29 is 28.2 Å². The number of halogens is 2. The summed E-state index contributed by atoms with van der Waals surface area (Å²) >= 11 is 0. The number of hydrogen-bond donors (Lipinski definition) is 1. The van der Waals surface area contributed by atoms with Crippen LogP contribution in [0.25, 0.3) is 11.1 Å². The van der Waals surface area contributed by atoms with Crippen molar-refractivity contribution in [3.8, 4) is 22.6 Å². The Morgan fingerprint density at radius 3 is 2.38 bits per heavy atom. The van der Waals surface area contributed by atoms with Crippen molar-refractivity contribution in [2.75, 3.05) is 7.11 Å². The van der Waals surface area contributed by atoms with Gasteiger partial charge in [0.05, 0.1) is 13.5 Å². The minimum atomic E-state index is -0.872. The Morgan fingerprint density at radius 1 is 1.00 bits per heavy atom. The van der Waals surface area contributed by atoms with Crippen molar-refractivity contribution in [2.24, 2.45) is 0 Å². The van der Waals surface area contributed by atoms with Gasteiger partial charge in [-0.25, -0.2) is 8.78 Å². The zero-order valence-corrected chi connectivity index (χ0v) is 20.1. The zero-order valence-electron chi connectivity index (χ0n) is 20.1. The first-order valence-electron chi connectivity index (χ1n) is 11.1. The molecule has 6 heteroatoms. The molecule has 0 aliphatic heterocycles. The molecule has 0 aliphatic carbocycles. The summed E-state index contributed by atoms with van der Waals surface area (Å²) in [5.74, 6) is -0.939. The van der Waals surface area contributed by atoms with Crippen molar-refractivity contribution in [1.29, 1.82) is 0 Å². The lowest BCUT2D eigenvalue weighted by atomic mass is 9.80. The highest BCUT2D eigenvalue weighted by Crippen LogP contribution is 2.39. The van der Waals surface area contributed by atoms with Crippen LogP contribution in [0.5, 0.6) is 11.5 Å². The van der Waals surface area contributed by atoms with Crippen LogP contribution < -0.4 is 9.47 Å². The number of benzene rings is 3. The highest BCUT2D eigenvalue weighted by Gasteiger charge is 2.27. The normalized spacial score (nSPS) is 12.3. The molecule has 0 fully saturated rings. The lowest BCUT2D eigenvalue weighted by Gasteiger charge is -2.25. The maximum atomic E-state index is 15.8. The highest BCUT2D eigenvalue weighted by molar-refractivity contribution is 5.71. The fourth-order valence-electron chi connectivity index (χ4n) is 3.98. The Balaban J connectivity index is 1.94. The standard InChI is InChI=1S/C28H30F2O4/c1-17(13-25(31)32)18-7-6-8-21(14-18)34-16-19-9-11-22(26(27(19)30)28(2,3)4)23-15-20(33-5)10-12-24(23)29/h6-12,14-15,17H,13,16H2,1-5H3,(H,31,32)/t17-/m1/s1. The Kier molecular flexibility index (Phi) is 7.60. The molecule has 1 N–H and O–H groups in total. The average Bonchev–Trinajstić information content (AvgIpc) is 2.77. The van der Waals surface area contributed by atoms with E-state index in [1.807, 2.05) is 33.8 Å². The molecule has 180 valence electrons. The zero-order chi connectivity index (χ0) is 25.0. The maximum Gasteiger partial charge on any atom is 0.303 e. The van der Waals surface area contributed by atoms with E-state index in [2.05, 4.69) is 0 Å². The second-order valence-electron chi connectivity index (χ2n) is 9.42. The van der Waals surface area contributed by atoms with Crippen LogP contribution in [0.15, 0.2) is 54.6 Å². The topological polar surface area (TPSA) is 55.8 Å². The molecule has 34 heavy (non-hydrogen) atoms. The predicted molar refractivity (Wildman–Crippen MR) is 128 cm³/mol. The van der Waals surface area contributed by atoms with E-state index in [0.717, 1.165) is 5.56 Å². The van der Waals surface area contributed by atoms with Gasteiger partial charge in [-0.3, -0.25) is 4.79 Å². The third kappa shape index (κ3) is 5.74. The van der Waals surface area contributed by atoms with Crippen LogP contribution in [0.4, 0.5) is 8.78 Å². The second-order valence-corrected chi connectivity index (χ2v) is 9.42. The van der Waals surface area contributed by atoms with E-state index >= 15 is 4.39 Å². The Hall–Kier alpha value is -3.41. The van der Waals surface area contributed by atoms with Crippen LogP contribution in [-0.2, 0) is 16.8 Å². The largest absolute Gasteiger partial charge is 0.497 e. The fourth-order valence-corrected chi connectivity index (χ4v) is 3.98. The SMILES string of the molecule is COc1ccc(F)c(-c2ccc(COc3cccc([C@H](C)CC(=O)O)c3)c(F)c2C(C)(C)C)c1. The number of methoxy groups -OCH3 is 1. The van der Waals surface area contributed by atoms with Crippen molar-refractivity contribution in [2.45, 2.75) is 52.1 Å². The maximum absolute atomic E-state index is 15.8. The number of carbonyl (C=O) groups is 1. The molecule has 0 saturated carbocycles. The van der Waals surface area contributed by atoms with Crippen molar-refractivity contribution in [1.82, 2.24) is 0 Å². The first-order chi connectivity index (χ1) is 16.0. The first kappa shape index (κ1) is 25.2. The van der Waals surface area contributed by atoms with Gasteiger partial charge in [-0.1, -0.05) is 52.0 Å². The van der Waals surface area contributed by atoms with Crippen LogP contribution in [0.2, 0.25) is 0 Å². The minimum absolute atomic E-state index is 0.00924. The molecule has 0 amide bonds. The van der Waals surface area contributed by atoms with Crippen LogP contribution >= 0.6 is 0 Å². The number of aliphatic carboxylic acids is 1. The summed E-state index contributed by atoms with van der Waals surface area (Å²) in [6.45, 7) is 7.45. The van der Waals surface area contributed by atoms with Gasteiger partial charge in [0.15, 0.2) is 0 Å². The van der Waals surface area contributed by atoms with Gasteiger partial charge in [-0.15, -0.1) is 0 Å². The number of ether oxygens (including phenoxy) is 2. The van der Waals surface area contributed by atoms with Gasteiger partial charge in [0.2, 0.25) is 0 Å². The Morgan fingerprint density at radius 2 is 1.74 bits per heavy atom. The summed E-state index contributed by atoms with van der Waals surface area (Å²) < 4.78 is 41.6. The summed E-state index contributed by atoms with van der Waals surface area (Å²) in [6, 6.07) is 14.9. The highest BCUT2D eigenvalue weighted by atomic mass is 19.1. The molecule has 0 aliphatic rings. The van der Waals surface area contributed by atoms with Gasteiger partial charge in [0.1, 0.15) is 29.7 Å². The van der Waals surface area contributed by atoms with E-state index in [9.17, 15) is 9.18 Å². The molecule has 0 bridgehead atoms. The molecule has 3 rings (SSSR count). The van der Waals surface area contributed by atoms with E-state index < -0.39 is 23.0 Å². The summed E-state index contributed by atoms with van der Waals surface area (Å²) in [6.07, 6.45) is 0.00924. The van der Waals surface area contributed by atoms with Crippen molar-refractivity contribution >= 4 is 5.97 Å². The number of carboxylic acid groups (broad SMARTS) is 1. The molecule has 3 aromatic carbocycles. The van der Waals surface area contributed by atoms with Gasteiger partial charge in [-0.2, -0.15) is 0 Å². The summed E-state index contributed by atoms with van der Waals surface area (Å²) in [5, 5.41) is 9.04. The van der Waals surface area contributed by atoms with Gasteiger partial charge in [-0.05, 0) is 52.8 Å². The Bertz CT molecular complexity index is 1180. The molecule has 0 unspecified atom stereocenters. The number of hydrogen-bond acceptors (Lipinski definition) is 3. The fraction of sp³-hybridized carbons (Fsp3) is 0.321. The van der Waals surface area contributed by atoms with Gasteiger partial charge >= 0.3 is 5.97 Å². The summed E-state index contributed by atoms with van der Waals surface area (Å²) in [7, 11) is 1.50. The van der Waals surface area contributed by atoms with E-state index in [1.165, 1.54) is 19.2 Å². The molecule has 0 saturated heterocycles. The molecule has 0 radical (unpaired) electrons.